The normalized spacial score (nSPS) is 13.1. The van der Waals surface area contributed by atoms with E-state index in [1.54, 1.807) is 20.8 Å². The van der Waals surface area contributed by atoms with Crippen molar-refractivity contribution in [2.24, 2.45) is 0 Å². The number of aliphatic hydroxyl groups is 1. The van der Waals surface area contributed by atoms with Crippen molar-refractivity contribution in [3.63, 3.8) is 0 Å². The highest BCUT2D eigenvalue weighted by atomic mass is 16.6. The Labute approximate surface area is 72.5 Å². The number of rotatable bonds is 5. The minimum Gasteiger partial charge on any atom is -0.464 e. The predicted octanol–water partition coefficient (Wildman–Crippen LogP) is 0.335. The molecule has 0 aliphatic carbocycles. The van der Waals surface area contributed by atoms with Gasteiger partial charge in [-0.05, 0) is 20.8 Å². The lowest BCUT2D eigenvalue weighted by molar-refractivity contribution is -0.162. The third kappa shape index (κ3) is 4.31. The molecule has 0 spiro atoms. The molecule has 4 heteroatoms. The van der Waals surface area contributed by atoms with E-state index in [-0.39, 0.29) is 12.7 Å². The molecule has 0 fully saturated rings. The highest BCUT2D eigenvalue weighted by Gasteiger charge is 2.20. The van der Waals surface area contributed by atoms with Gasteiger partial charge in [0.1, 0.15) is 0 Å². The topological polar surface area (TPSA) is 55.8 Å². The zero-order chi connectivity index (χ0) is 9.56. The minimum atomic E-state index is -0.843. The van der Waals surface area contributed by atoms with Crippen LogP contribution in [0.3, 0.4) is 0 Å². The molecular weight excluding hydrogens is 160 g/mol. The van der Waals surface area contributed by atoms with E-state index < -0.39 is 12.1 Å². The summed E-state index contributed by atoms with van der Waals surface area (Å²) in [4.78, 5) is 11.0. The van der Waals surface area contributed by atoms with Gasteiger partial charge in [-0.15, -0.1) is 0 Å². The van der Waals surface area contributed by atoms with Crippen molar-refractivity contribution < 1.29 is 19.4 Å². The van der Waals surface area contributed by atoms with E-state index in [1.807, 2.05) is 0 Å². The molecule has 0 aromatic heterocycles. The maximum atomic E-state index is 11.0. The standard InChI is InChI=1S/C8H16O4/c1-4-11-8(10)7(5-9)12-6(2)3/h6-7,9H,4-5H2,1-3H3. The largest absolute Gasteiger partial charge is 0.464 e. The van der Waals surface area contributed by atoms with E-state index >= 15 is 0 Å². The Kier molecular flexibility index (Phi) is 5.66. The van der Waals surface area contributed by atoms with E-state index in [0.29, 0.717) is 6.61 Å². The minimum absolute atomic E-state index is 0.0912. The third-order valence-electron chi connectivity index (χ3n) is 1.15. The zero-order valence-corrected chi connectivity index (χ0v) is 7.74. The van der Waals surface area contributed by atoms with E-state index in [1.165, 1.54) is 0 Å². The van der Waals surface area contributed by atoms with Crippen LogP contribution in [-0.4, -0.2) is 36.5 Å². The summed E-state index contributed by atoms with van der Waals surface area (Å²) in [6, 6.07) is 0. The molecule has 0 saturated carbocycles. The highest BCUT2D eigenvalue weighted by molar-refractivity contribution is 5.74. The average molecular weight is 176 g/mol. The van der Waals surface area contributed by atoms with Crippen LogP contribution in [0.2, 0.25) is 0 Å². The Morgan fingerprint density at radius 3 is 2.42 bits per heavy atom. The number of ether oxygens (including phenoxy) is 2. The van der Waals surface area contributed by atoms with Gasteiger partial charge in [-0.1, -0.05) is 0 Å². The second-order valence-electron chi connectivity index (χ2n) is 2.61. The number of hydrogen-bond donors (Lipinski definition) is 1. The summed E-state index contributed by atoms with van der Waals surface area (Å²) >= 11 is 0. The van der Waals surface area contributed by atoms with Crippen molar-refractivity contribution >= 4 is 5.97 Å². The van der Waals surface area contributed by atoms with Gasteiger partial charge in [-0.25, -0.2) is 4.79 Å². The molecule has 0 aromatic rings. The summed E-state index contributed by atoms with van der Waals surface area (Å²) in [5, 5.41) is 8.75. The molecule has 1 unspecified atom stereocenters. The summed E-state index contributed by atoms with van der Waals surface area (Å²) in [7, 11) is 0. The number of carbonyl (C=O) groups is 1. The van der Waals surface area contributed by atoms with Gasteiger partial charge in [0.25, 0.3) is 0 Å². The van der Waals surface area contributed by atoms with Crippen LogP contribution in [0, 0.1) is 0 Å². The molecule has 72 valence electrons. The summed E-state index contributed by atoms with van der Waals surface area (Å²) in [6.07, 6.45) is -0.934. The van der Waals surface area contributed by atoms with Crippen molar-refractivity contribution in [1.82, 2.24) is 0 Å². The van der Waals surface area contributed by atoms with Crippen LogP contribution >= 0.6 is 0 Å². The molecule has 0 bridgehead atoms. The molecule has 0 radical (unpaired) electrons. The van der Waals surface area contributed by atoms with Gasteiger partial charge >= 0.3 is 5.97 Å². The predicted molar refractivity (Wildman–Crippen MR) is 43.7 cm³/mol. The van der Waals surface area contributed by atoms with Crippen molar-refractivity contribution in [3.8, 4) is 0 Å². The SMILES string of the molecule is CCOC(=O)C(CO)OC(C)C. The molecule has 0 aliphatic rings. The first-order chi connectivity index (χ1) is 5.61. The Hall–Kier alpha value is -0.610. The van der Waals surface area contributed by atoms with Crippen LogP contribution in [0.1, 0.15) is 20.8 Å². The fourth-order valence-electron chi connectivity index (χ4n) is 0.737. The molecule has 1 N–H and O–H groups in total. The van der Waals surface area contributed by atoms with Crippen LogP contribution in [0.15, 0.2) is 0 Å². The van der Waals surface area contributed by atoms with Crippen LogP contribution in [-0.2, 0) is 14.3 Å². The lowest BCUT2D eigenvalue weighted by Gasteiger charge is -2.16. The fourth-order valence-corrected chi connectivity index (χ4v) is 0.737. The maximum Gasteiger partial charge on any atom is 0.337 e. The number of hydrogen-bond acceptors (Lipinski definition) is 4. The Balaban J connectivity index is 3.87. The molecule has 0 aliphatic heterocycles. The first-order valence-electron chi connectivity index (χ1n) is 4.04. The highest BCUT2D eigenvalue weighted by Crippen LogP contribution is 1.99. The van der Waals surface area contributed by atoms with Crippen LogP contribution in [0.5, 0.6) is 0 Å². The fraction of sp³-hybridized carbons (Fsp3) is 0.875. The summed E-state index contributed by atoms with van der Waals surface area (Å²) < 4.78 is 9.76. The second-order valence-corrected chi connectivity index (χ2v) is 2.61. The molecule has 12 heavy (non-hydrogen) atoms. The second kappa shape index (κ2) is 5.97. The molecule has 4 nitrogen and oxygen atoms in total. The molecule has 0 rings (SSSR count). The van der Waals surface area contributed by atoms with Crippen molar-refractivity contribution in [2.75, 3.05) is 13.2 Å². The van der Waals surface area contributed by atoms with Gasteiger partial charge in [0.05, 0.1) is 19.3 Å². The number of aliphatic hydroxyl groups excluding tert-OH is 1. The lowest BCUT2D eigenvalue weighted by atomic mass is 10.3. The van der Waals surface area contributed by atoms with E-state index in [4.69, 9.17) is 9.84 Å². The first-order valence-corrected chi connectivity index (χ1v) is 4.04. The van der Waals surface area contributed by atoms with Gasteiger partial charge in [-0.2, -0.15) is 0 Å². The van der Waals surface area contributed by atoms with E-state index in [2.05, 4.69) is 4.74 Å². The Morgan fingerprint density at radius 2 is 2.08 bits per heavy atom. The van der Waals surface area contributed by atoms with Gasteiger partial charge < -0.3 is 14.6 Å². The van der Waals surface area contributed by atoms with Gasteiger partial charge in [0.15, 0.2) is 6.10 Å². The molecule has 1 atom stereocenters. The van der Waals surface area contributed by atoms with Gasteiger partial charge in [0.2, 0.25) is 0 Å². The molecule has 0 heterocycles. The monoisotopic (exact) mass is 176 g/mol. The third-order valence-corrected chi connectivity index (χ3v) is 1.15. The number of carbonyl (C=O) groups excluding carboxylic acids is 1. The van der Waals surface area contributed by atoms with Crippen molar-refractivity contribution in [3.05, 3.63) is 0 Å². The van der Waals surface area contributed by atoms with Crippen LogP contribution < -0.4 is 0 Å². The first kappa shape index (κ1) is 11.4. The van der Waals surface area contributed by atoms with Crippen molar-refractivity contribution in [2.45, 2.75) is 33.0 Å². The van der Waals surface area contributed by atoms with E-state index in [0.717, 1.165) is 0 Å². The molecule has 0 saturated heterocycles. The summed E-state index contributed by atoms with van der Waals surface area (Å²) in [5.41, 5.74) is 0. The van der Waals surface area contributed by atoms with E-state index in [9.17, 15) is 4.79 Å². The van der Waals surface area contributed by atoms with Crippen LogP contribution in [0.4, 0.5) is 0 Å². The lowest BCUT2D eigenvalue weighted by Crippen LogP contribution is -2.32. The maximum absolute atomic E-state index is 11.0. The van der Waals surface area contributed by atoms with Crippen LogP contribution in [0.25, 0.3) is 0 Å². The Bertz CT molecular complexity index is 133. The quantitative estimate of drug-likeness (QED) is 0.613. The summed E-state index contributed by atoms with van der Waals surface area (Å²) in [6.45, 7) is 5.26. The molecular formula is C8H16O4. The Morgan fingerprint density at radius 1 is 1.50 bits per heavy atom. The van der Waals surface area contributed by atoms with Crippen molar-refractivity contribution in [1.29, 1.82) is 0 Å². The molecule has 0 amide bonds. The smallest absolute Gasteiger partial charge is 0.337 e. The van der Waals surface area contributed by atoms with Gasteiger partial charge in [-0.3, -0.25) is 0 Å². The van der Waals surface area contributed by atoms with Gasteiger partial charge in [0, 0.05) is 0 Å². The summed E-state index contributed by atoms with van der Waals surface area (Å²) in [5.74, 6) is -0.506. The zero-order valence-electron chi connectivity index (χ0n) is 7.74. The molecule has 0 aromatic carbocycles. The average Bonchev–Trinajstić information content (AvgIpc) is 2.00. The number of esters is 1.